The van der Waals surface area contributed by atoms with E-state index < -0.39 is 5.97 Å². The number of carbonyl (C=O) groups is 1. The Labute approximate surface area is 129 Å². The molecular formula is C18H33NO2. The molecule has 0 spiro atoms. The molecule has 0 aromatic rings. The third kappa shape index (κ3) is 3.61. The molecule has 2 fully saturated rings. The number of carboxylic acid groups (broad SMARTS) is 1. The molecule has 3 heteroatoms. The van der Waals surface area contributed by atoms with Gasteiger partial charge in [-0.05, 0) is 55.3 Å². The van der Waals surface area contributed by atoms with Gasteiger partial charge in [-0.15, -0.1) is 0 Å². The summed E-state index contributed by atoms with van der Waals surface area (Å²) >= 11 is 0. The molecule has 0 heterocycles. The molecule has 3 nitrogen and oxygen atoms in total. The van der Waals surface area contributed by atoms with E-state index in [0.717, 1.165) is 24.7 Å². The van der Waals surface area contributed by atoms with Crippen LogP contribution < -0.4 is 5.32 Å². The topological polar surface area (TPSA) is 49.3 Å². The normalized spacial score (nSPS) is 43.5. The van der Waals surface area contributed by atoms with Crippen molar-refractivity contribution in [3.63, 3.8) is 0 Å². The Balaban J connectivity index is 2.00. The third-order valence-electron chi connectivity index (χ3n) is 6.37. The predicted molar refractivity (Wildman–Crippen MR) is 86.2 cm³/mol. The van der Waals surface area contributed by atoms with Crippen LogP contribution in [0.5, 0.6) is 0 Å². The van der Waals surface area contributed by atoms with E-state index in [1.54, 1.807) is 0 Å². The largest absolute Gasteiger partial charge is 0.481 e. The highest BCUT2D eigenvalue weighted by molar-refractivity contribution is 5.71. The molecule has 0 aromatic carbocycles. The van der Waals surface area contributed by atoms with Crippen molar-refractivity contribution in [1.29, 1.82) is 0 Å². The Kier molecular flexibility index (Phi) is 5.02. The smallest absolute Gasteiger partial charge is 0.307 e. The summed E-state index contributed by atoms with van der Waals surface area (Å²) < 4.78 is 0. The molecule has 2 aliphatic rings. The lowest BCUT2D eigenvalue weighted by molar-refractivity contribution is -0.150. The summed E-state index contributed by atoms with van der Waals surface area (Å²) in [5, 5.41) is 13.3. The lowest BCUT2D eigenvalue weighted by Crippen LogP contribution is -2.54. The Morgan fingerprint density at radius 1 is 1.05 bits per heavy atom. The van der Waals surface area contributed by atoms with Crippen LogP contribution in [-0.2, 0) is 4.79 Å². The minimum absolute atomic E-state index is 0.131. The van der Waals surface area contributed by atoms with E-state index in [0.29, 0.717) is 18.0 Å². The maximum atomic E-state index is 11.5. The molecule has 0 radical (unpaired) electrons. The van der Waals surface area contributed by atoms with E-state index in [1.165, 1.54) is 19.3 Å². The molecule has 122 valence electrons. The van der Waals surface area contributed by atoms with E-state index in [2.05, 4.69) is 39.9 Å². The molecule has 21 heavy (non-hydrogen) atoms. The molecule has 2 rings (SSSR count). The van der Waals surface area contributed by atoms with Crippen LogP contribution in [0.3, 0.4) is 0 Å². The third-order valence-corrected chi connectivity index (χ3v) is 6.37. The molecule has 2 N–H and O–H groups in total. The van der Waals surface area contributed by atoms with Crippen molar-refractivity contribution in [2.45, 2.75) is 78.8 Å². The van der Waals surface area contributed by atoms with Gasteiger partial charge >= 0.3 is 5.97 Å². The number of rotatable bonds is 3. The fraction of sp³-hybridized carbons (Fsp3) is 0.944. The van der Waals surface area contributed by atoms with Crippen LogP contribution in [0.2, 0.25) is 0 Å². The van der Waals surface area contributed by atoms with Crippen LogP contribution in [-0.4, -0.2) is 23.2 Å². The molecule has 5 unspecified atom stereocenters. The first kappa shape index (κ1) is 16.8. The molecule has 2 aliphatic carbocycles. The molecule has 0 amide bonds. The highest BCUT2D eigenvalue weighted by atomic mass is 16.4. The number of carboxylic acids is 1. The standard InChI is InChI=1S/C18H33NO2/c1-11-8-12(2)10-14(9-11)19-16-7-6-15(17(20)21)18(4,5)13(16)3/h11-16,19H,6-10H2,1-5H3,(H,20,21). The fourth-order valence-corrected chi connectivity index (χ4v) is 4.86. The average Bonchev–Trinajstić information content (AvgIpc) is 2.33. The first-order valence-corrected chi connectivity index (χ1v) is 8.70. The molecular weight excluding hydrogens is 262 g/mol. The van der Waals surface area contributed by atoms with Crippen molar-refractivity contribution in [2.24, 2.45) is 29.1 Å². The van der Waals surface area contributed by atoms with Gasteiger partial charge in [-0.25, -0.2) is 0 Å². The van der Waals surface area contributed by atoms with Gasteiger partial charge in [0.25, 0.3) is 0 Å². The molecule has 0 aliphatic heterocycles. The van der Waals surface area contributed by atoms with Gasteiger partial charge in [-0.2, -0.15) is 0 Å². The highest BCUT2D eigenvalue weighted by Gasteiger charge is 2.46. The summed E-state index contributed by atoms with van der Waals surface area (Å²) in [6, 6.07) is 1.09. The second kappa shape index (κ2) is 6.28. The van der Waals surface area contributed by atoms with Crippen LogP contribution in [0.1, 0.15) is 66.7 Å². The maximum absolute atomic E-state index is 11.5. The average molecular weight is 295 g/mol. The van der Waals surface area contributed by atoms with E-state index in [-0.39, 0.29) is 11.3 Å². The fourth-order valence-electron chi connectivity index (χ4n) is 4.86. The summed E-state index contributed by atoms with van der Waals surface area (Å²) in [7, 11) is 0. The van der Waals surface area contributed by atoms with Crippen molar-refractivity contribution in [3.8, 4) is 0 Å². The van der Waals surface area contributed by atoms with Crippen LogP contribution in [0.4, 0.5) is 0 Å². The quantitative estimate of drug-likeness (QED) is 0.829. The highest BCUT2D eigenvalue weighted by Crippen LogP contribution is 2.45. The van der Waals surface area contributed by atoms with Crippen LogP contribution in [0.25, 0.3) is 0 Å². The SMILES string of the molecule is CC1CC(C)CC(NC2CCC(C(=O)O)C(C)(C)C2C)C1. The predicted octanol–water partition coefficient (Wildman–Crippen LogP) is 3.93. The number of aliphatic carboxylic acids is 1. The Morgan fingerprint density at radius 3 is 2.14 bits per heavy atom. The van der Waals surface area contributed by atoms with Crippen molar-refractivity contribution in [2.75, 3.05) is 0 Å². The Morgan fingerprint density at radius 2 is 1.62 bits per heavy atom. The molecule has 0 bridgehead atoms. The van der Waals surface area contributed by atoms with Gasteiger partial charge in [-0.3, -0.25) is 4.79 Å². The van der Waals surface area contributed by atoms with Gasteiger partial charge < -0.3 is 10.4 Å². The van der Waals surface area contributed by atoms with Crippen molar-refractivity contribution in [3.05, 3.63) is 0 Å². The van der Waals surface area contributed by atoms with E-state index in [4.69, 9.17) is 0 Å². The zero-order valence-corrected chi connectivity index (χ0v) is 14.4. The number of hydrogen-bond acceptors (Lipinski definition) is 2. The van der Waals surface area contributed by atoms with Gasteiger partial charge in [0.1, 0.15) is 0 Å². The van der Waals surface area contributed by atoms with Gasteiger partial charge in [0.15, 0.2) is 0 Å². The van der Waals surface area contributed by atoms with Crippen LogP contribution in [0.15, 0.2) is 0 Å². The first-order valence-electron chi connectivity index (χ1n) is 8.70. The Hall–Kier alpha value is -0.570. The van der Waals surface area contributed by atoms with Gasteiger partial charge in [-0.1, -0.05) is 34.6 Å². The lowest BCUT2D eigenvalue weighted by Gasteiger charge is -2.48. The summed E-state index contributed by atoms with van der Waals surface area (Å²) in [5.74, 6) is 1.20. The summed E-state index contributed by atoms with van der Waals surface area (Å²) in [6.45, 7) is 11.2. The van der Waals surface area contributed by atoms with E-state index in [9.17, 15) is 9.90 Å². The summed E-state index contributed by atoms with van der Waals surface area (Å²) in [6.07, 6.45) is 5.71. The van der Waals surface area contributed by atoms with Crippen molar-refractivity contribution >= 4 is 5.97 Å². The minimum Gasteiger partial charge on any atom is -0.481 e. The van der Waals surface area contributed by atoms with E-state index in [1.807, 2.05) is 0 Å². The second-order valence-electron chi connectivity index (χ2n) is 8.47. The van der Waals surface area contributed by atoms with E-state index >= 15 is 0 Å². The monoisotopic (exact) mass is 295 g/mol. The van der Waals surface area contributed by atoms with Crippen LogP contribution in [0, 0.1) is 29.1 Å². The number of hydrogen-bond donors (Lipinski definition) is 2. The summed E-state index contributed by atoms with van der Waals surface area (Å²) in [5.41, 5.74) is -0.131. The molecule has 2 saturated carbocycles. The zero-order valence-electron chi connectivity index (χ0n) is 14.4. The first-order chi connectivity index (χ1) is 9.71. The zero-order chi connectivity index (χ0) is 15.8. The van der Waals surface area contributed by atoms with Gasteiger partial charge in [0, 0.05) is 12.1 Å². The Bertz CT molecular complexity index is 369. The maximum Gasteiger partial charge on any atom is 0.307 e. The van der Waals surface area contributed by atoms with Crippen molar-refractivity contribution < 1.29 is 9.90 Å². The molecule has 0 saturated heterocycles. The minimum atomic E-state index is -0.620. The second-order valence-corrected chi connectivity index (χ2v) is 8.47. The van der Waals surface area contributed by atoms with Gasteiger partial charge in [0.05, 0.1) is 5.92 Å². The van der Waals surface area contributed by atoms with Crippen molar-refractivity contribution in [1.82, 2.24) is 5.32 Å². The van der Waals surface area contributed by atoms with Gasteiger partial charge in [0.2, 0.25) is 0 Å². The lowest BCUT2D eigenvalue weighted by atomic mass is 9.60. The van der Waals surface area contributed by atoms with Crippen LogP contribution >= 0.6 is 0 Å². The number of nitrogens with one attached hydrogen (secondary N) is 1. The molecule has 5 atom stereocenters. The summed E-state index contributed by atoms with van der Waals surface area (Å²) in [4.78, 5) is 11.5. The molecule has 0 aromatic heterocycles.